The fourth-order valence-corrected chi connectivity index (χ4v) is 4.15. The monoisotopic (exact) mass is 205 g/mol. The van der Waals surface area contributed by atoms with Crippen molar-refractivity contribution in [2.24, 2.45) is 29.6 Å². The quantitative estimate of drug-likeness (QED) is 0.684. The molecule has 1 nitrogen and oxygen atoms in total. The predicted molar refractivity (Wildman–Crippen MR) is 63.6 cm³/mol. The van der Waals surface area contributed by atoms with Gasteiger partial charge in [0.05, 0.1) is 0 Å². The van der Waals surface area contributed by atoms with Crippen molar-refractivity contribution in [1.29, 1.82) is 0 Å². The zero-order valence-corrected chi connectivity index (χ0v) is 9.78. The maximum Gasteiger partial charge on any atom is -0.00462 e. The summed E-state index contributed by atoms with van der Waals surface area (Å²) in [5, 5.41) is 3.48. The summed E-state index contributed by atoms with van der Waals surface area (Å²) in [5.74, 6) is 4.88. The molecule has 2 fully saturated rings. The predicted octanol–water partition coefficient (Wildman–Crippen LogP) is 2.83. The van der Waals surface area contributed by atoms with Crippen LogP contribution in [-0.2, 0) is 0 Å². The Morgan fingerprint density at radius 1 is 1.13 bits per heavy atom. The molecule has 3 rings (SSSR count). The van der Waals surface area contributed by atoms with Crippen LogP contribution in [-0.4, -0.2) is 13.1 Å². The van der Waals surface area contributed by atoms with Crippen LogP contribution >= 0.6 is 0 Å². The minimum atomic E-state index is 0.944. The molecule has 0 spiro atoms. The van der Waals surface area contributed by atoms with E-state index in [0.717, 1.165) is 29.6 Å². The second-order valence-corrected chi connectivity index (χ2v) is 5.89. The Labute approximate surface area is 93.3 Å². The first-order valence-corrected chi connectivity index (χ1v) is 6.73. The van der Waals surface area contributed by atoms with Crippen molar-refractivity contribution >= 4 is 0 Å². The lowest BCUT2D eigenvalue weighted by atomic mass is 9.73. The maximum absolute atomic E-state index is 3.48. The summed E-state index contributed by atoms with van der Waals surface area (Å²) in [4.78, 5) is 0. The van der Waals surface area contributed by atoms with Gasteiger partial charge in [0, 0.05) is 0 Å². The van der Waals surface area contributed by atoms with E-state index in [9.17, 15) is 0 Å². The van der Waals surface area contributed by atoms with Crippen LogP contribution in [0.1, 0.15) is 32.6 Å². The molecule has 0 amide bonds. The third-order valence-corrected chi connectivity index (χ3v) is 5.13. The third kappa shape index (κ3) is 1.75. The Morgan fingerprint density at radius 3 is 2.53 bits per heavy atom. The lowest BCUT2D eigenvalue weighted by molar-refractivity contribution is 0.180. The van der Waals surface area contributed by atoms with Gasteiger partial charge in [0.2, 0.25) is 0 Å². The van der Waals surface area contributed by atoms with Crippen molar-refractivity contribution < 1.29 is 0 Å². The van der Waals surface area contributed by atoms with Crippen LogP contribution in [0.3, 0.4) is 0 Å². The number of allylic oxidation sites excluding steroid dienone is 2. The molecule has 4 atom stereocenters. The van der Waals surface area contributed by atoms with E-state index in [-0.39, 0.29) is 0 Å². The first-order chi connectivity index (χ1) is 7.34. The summed E-state index contributed by atoms with van der Waals surface area (Å²) in [6.45, 7) is 5.03. The largest absolute Gasteiger partial charge is 0.317 e. The number of nitrogens with one attached hydrogen (secondary N) is 1. The van der Waals surface area contributed by atoms with Crippen molar-refractivity contribution in [3.8, 4) is 0 Å². The van der Waals surface area contributed by atoms with Crippen LogP contribution in [0, 0.1) is 29.6 Å². The highest BCUT2D eigenvalue weighted by atomic mass is 14.9. The fraction of sp³-hybridized carbons (Fsp3) is 0.857. The molecule has 1 aliphatic heterocycles. The number of piperidine rings is 1. The van der Waals surface area contributed by atoms with Gasteiger partial charge in [0.25, 0.3) is 0 Å². The Kier molecular flexibility index (Phi) is 2.59. The van der Waals surface area contributed by atoms with Crippen molar-refractivity contribution in [3.05, 3.63) is 12.2 Å². The maximum atomic E-state index is 3.48. The standard InChI is InChI=1S/C14H23N/c1-10(12-4-6-15-7-5-12)14-9-11-2-3-13(14)8-11/h2-3,10-15H,4-9H2,1H3. The molecule has 3 aliphatic rings. The summed E-state index contributed by atoms with van der Waals surface area (Å²) in [6.07, 6.45) is 10.8. The first kappa shape index (κ1) is 9.89. The Morgan fingerprint density at radius 2 is 1.93 bits per heavy atom. The summed E-state index contributed by atoms with van der Waals surface area (Å²) >= 11 is 0. The van der Waals surface area contributed by atoms with Gasteiger partial charge in [-0.05, 0) is 68.4 Å². The van der Waals surface area contributed by atoms with Gasteiger partial charge in [-0.15, -0.1) is 0 Å². The van der Waals surface area contributed by atoms with Crippen LogP contribution in [0.15, 0.2) is 12.2 Å². The van der Waals surface area contributed by atoms with E-state index in [0.29, 0.717) is 0 Å². The van der Waals surface area contributed by atoms with Crippen molar-refractivity contribution in [3.63, 3.8) is 0 Å². The van der Waals surface area contributed by atoms with E-state index in [1.807, 2.05) is 0 Å². The summed E-state index contributed by atoms with van der Waals surface area (Å²) in [5.41, 5.74) is 0. The van der Waals surface area contributed by atoms with Gasteiger partial charge in [-0.3, -0.25) is 0 Å². The second kappa shape index (κ2) is 3.93. The molecule has 1 saturated carbocycles. The van der Waals surface area contributed by atoms with Gasteiger partial charge in [-0.1, -0.05) is 19.1 Å². The molecule has 0 aromatic carbocycles. The molecule has 1 heteroatoms. The number of fused-ring (bicyclic) bond motifs is 2. The SMILES string of the molecule is CC(C1CCNCC1)C1CC2C=CC1C2. The van der Waals surface area contributed by atoms with Crippen molar-refractivity contribution in [2.75, 3.05) is 13.1 Å². The van der Waals surface area contributed by atoms with E-state index < -0.39 is 0 Å². The number of hydrogen-bond donors (Lipinski definition) is 1. The molecule has 0 radical (unpaired) electrons. The Bertz CT molecular complexity index is 252. The molecule has 4 unspecified atom stereocenters. The van der Waals surface area contributed by atoms with Gasteiger partial charge < -0.3 is 5.32 Å². The van der Waals surface area contributed by atoms with E-state index in [1.54, 1.807) is 0 Å². The van der Waals surface area contributed by atoms with Gasteiger partial charge in [-0.2, -0.15) is 0 Å². The van der Waals surface area contributed by atoms with E-state index >= 15 is 0 Å². The minimum absolute atomic E-state index is 0.944. The average molecular weight is 205 g/mol. The first-order valence-electron chi connectivity index (χ1n) is 6.73. The highest BCUT2D eigenvalue weighted by molar-refractivity contribution is 5.11. The van der Waals surface area contributed by atoms with Crippen LogP contribution in [0.2, 0.25) is 0 Å². The molecule has 15 heavy (non-hydrogen) atoms. The Hall–Kier alpha value is -0.300. The van der Waals surface area contributed by atoms with Crippen molar-refractivity contribution in [2.45, 2.75) is 32.6 Å². The summed E-state index contributed by atoms with van der Waals surface area (Å²) < 4.78 is 0. The average Bonchev–Trinajstić information content (AvgIpc) is 2.91. The molecule has 0 aromatic heterocycles. The highest BCUT2D eigenvalue weighted by Gasteiger charge is 2.40. The van der Waals surface area contributed by atoms with Crippen LogP contribution in [0.4, 0.5) is 0 Å². The van der Waals surface area contributed by atoms with Gasteiger partial charge >= 0.3 is 0 Å². The van der Waals surface area contributed by atoms with Crippen LogP contribution in [0.5, 0.6) is 0 Å². The van der Waals surface area contributed by atoms with Gasteiger partial charge in [0.15, 0.2) is 0 Å². The van der Waals surface area contributed by atoms with E-state index in [1.165, 1.54) is 38.8 Å². The lowest BCUT2D eigenvalue weighted by Gasteiger charge is -2.34. The molecular weight excluding hydrogens is 182 g/mol. The second-order valence-electron chi connectivity index (χ2n) is 5.89. The molecule has 2 bridgehead atoms. The Balaban J connectivity index is 1.64. The summed E-state index contributed by atoms with van der Waals surface area (Å²) in [6, 6.07) is 0. The van der Waals surface area contributed by atoms with Crippen LogP contribution in [0.25, 0.3) is 0 Å². The zero-order chi connectivity index (χ0) is 10.3. The molecule has 1 N–H and O–H groups in total. The normalized spacial score (nSPS) is 42.3. The molecule has 2 aliphatic carbocycles. The van der Waals surface area contributed by atoms with Gasteiger partial charge in [-0.25, -0.2) is 0 Å². The summed E-state index contributed by atoms with van der Waals surface area (Å²) in [7, 11) is 0. The molecule has 1 heterocycles. The minimum Gasteiger partial charge on any atom is -0.317 e. The highest BCUT2D eigenvalue weighted by Crippen LogP contribution is 2.49. The molecular formula is C14H23N. The van der Waals surface area contributed by atoms with E-state index in [4.69, 9.17) is 0 Å². The zero-order valence-electron chi connectivity index (χ0n) is 9.78. The molecule has 0 aromatic rings. The number of rotatable bonds is 2. The lowest BCUT2D eigenvalue weighted by Crippen LogP contribution is -2.34. The fourth-order valence-electron chi connectivity index (χ4n) is 4.15. The smallest absolute Gasteiger partial charge is 0.00462 e. The molecule has 84 valence electrons. The number of hydrogen-bond acceptors (Lipinski definition) is 1. The van der Waals surface area contributed by atoms with Crippen molar-refractivity contribution in [1.82, 2.24) is 5.32 Å². The van der Waals surface area contributed by atoms with Crippen LogP contribution < -0.4 is 5.32 Å². The third-order valence-electron chi connectivity index (χ3n) is 5.13. The molecule has 1 saturated heterocycles. The van der Waals surface area contributed by atoms with E-state index in [2.05, 4.69) is 24.4 Å². The van der Waals surface area contributed by atoms with Gasteiger partial charge in [0.1, 0.15) is 0 Å². The topological polar surface area (TPSA) is 12.0 Å².